The Bertz CT molecular complexity index is 580. The van der Waals surface area contributed by atoms with Crippen LogP contribution in [0.4, 0.5) is 0 Å². The zero-order valence-corrected chi connectivity index (χ0v) is 14.8. The summed E-state index contributed by atoms with van der Waals surface area (Å²) < 4.78 is 0. The molecule has 0 aliphatic rings. The zero-order valence-electron chi connectivity index (χ0n) is 12.5. The van der Waals surface area contributed by atoms with E-state index >= 15 is 0 Å². The topological polar surface area (TPSA) is 12.0 Å². The van der Waals surface area contributed by atoms with Crippen LogP contribution in [-0.4, -0.2) is 6.54 Å². The summed E-state index contributed by atoms with van der Waals surface area (Å²) in [6.45, 7) is 5.41. The minimum Gasteiger partial charge on any atom is -0.309 e. The Labute approximate surface area is 141 Å². The van der Waals surface area contributed by atoms with E-state index in [1.54, 1.807) is 0 Å². The van der Waals surface area contributed by atoms with Gasteiger partial charge in [0.15, 0.2) is 0 Å². The van der Waals surface area contributed by atoms with Crippen molar-refractivity contribution in [2.24, 2.45) is 0 Å². The largest absolute Gasteiger partial charge is 0.309 e. The first kappa shape index (κ1) is 16.8. The Hall–Kier alpha value is -0.540. The van der Waals surface area contributed by atoms with Crippen LogP contribution in [0.1, 0.15) is 41.6 Å². The molecule has 0 fully saturated rings. The molecule has 1 aromatic heterocycles. The fourth-order valence-electron chi connectivity index (χ4n) is 2.27. The van der Waals surface area contributed by atoms with Crippen LogP contribution in [0, 0.1) is 0 Å². The number of hydrogen-bond donors (Lipinski definition) is 1. The SMILES string of the molecule is CCCNC(Cc1ccc(Cl)c(Cl)c1)c1ccc(CC)s1. The molecule has 0 bridgehead atoms. The molecule has 114 valence electrons. The summed E-state index contributed by atoms with van der Waals surface area (Å²) in [5.41, 5.74) is 1.21. The molecule has 1 nitrogen and oxygen atoms in total. The third-order valence-electron chi connectivity index (χ3n) is 3.44. The van der Waals surface area contributed by atoms with E-state index in [4.69, 9.17) is 23.2 Å². The van der Waals surface area contributed by atoms with Gasteiger partial charge >= 0.3 is 0 Å². The predicted molar refractivity (Wildman–Crippen MR) is 94.9 cm³/mol. The third-order valence-corrected chi connectivity index (χ3v) is 5.52. The summed E-state index contributed by atoms with van der Waals surface area (Å²) in [6, 6.07) is 10.7. The Morgan fingerprint density at radius 1 is 1.10 bits per heavy atom. The molecule has 0 saturated carbocycles. The Balaban J connectivity index is 2.17. The molecule has 2 aromatic rings. The average molecular weight is 342 g/mol. The van der Waals surface area contributed by atoms with Crippen LogP contribution < -0.4 is 5.32 Å². The maximum Gasteiger partial charge on any atom is 0.0595 e. The number of hydrogen-bond acceptors (Lipinski definition) is 2. The summed E-state index contributed by atoms with van der Waals surface area (Å²) in [6.07, 6.45) is 3.16. The Kier molecular flexibility index (Phi) is 6.56. The first-order chi connectivity index (χ1) is 10.1. The van der Waals surface area contributed by atoms with Gasteiger partial charge in [0, 0.05) is 15.8 Å². The number of rotatable bonds is 7. The second kappa shape index (κ2) is 8.19. The predicted octanol–water partition coefficient (Wildman–Crippen LogP) is 5.90. The van der Waals surface area contributed by atoms with E-state index in [2.05, 4.69) is 37.4 Å². The quantitative estimate of drug-likeness (QED) is 0.660. The normalized spacial score (nSPS) is 12.6. The minimum absolute atomic E-state index is 0.340. The maximum atomic E-state index is 6.12. The van der Waals surface area contributed by atoms with Crippen molar-refractivity contribution < 1.29 is 0 Å². The first-order valence-corrected chi connectivity index (χ1v) is 8.97. The number of thiophene rings is 1. The molecule has 21 heavy (non-hydrogen) atoms. The summed E-state index contributed by atoms with van der Waals surface area (Å²) in [4.78, 5) is 2.83. The van der Waals surface area contributed by atoms with Crippen LogP contribution in [0.15, 0.2) is 30.3 Å². The van der Waals surface area contributed by atoms with Gasteiger partial charge in [0.25, 0.3) is 0 Å². The maximum absolute atomic E-state index is 6.12. The molecule has 0 aliphatic carbocycles. The summed E-state index contributed by atoms with van der Waals surface area (Å²) >= 11 is 14.0. The lowest BCUT2D eigenvalue weighted by molar-refractivity contribution is 0.536. The number of aryl methyl sites for hydroxylation is 1. The van der Waals surface area contributed by atoms with Crippen LogP contribution in [0.25, 0.3) is 0 Å². The molecule has 0 aliphatic heterocycles. The van der Waals surface area contributed by atoms with Crippen LogP contribution in [0.2, 0.25) is 10.0 Å². The molecular formula is C17H21Cl2NS. The fourth-order valence-corrected chi connectivity index (χ4v) is 3.61. The van der Waals surface area contributed by atoms with Crippen molar-refractivity contribution in [1.82, 2.24) is 5.32 Å². The molecule has 1 atom stereocenters. The van der Waals surface area contributed by atoms with Crippen molar-refractivity contribution in [2.75, 3.05) is 6.54 Å². The van der Waals surface area contributed by atoms with Crippen molar-refractivity contribution in [3.05, 3.63) is 55.7 Å². The van der Waals surface area contributed by atoms with Gasteiger partial charge in [-0.3, -0.25) is 0 Å². The monoisotopic (exact) mass is 341 g/mol. The van der Waals surface area contributed by atoms with E-state index < -0.39 is 0 Å². The molecule has 1 N–H and O–H groups in total. The molecule has 1 unspecified atom stereocenters. The van der Waals surface area contributed by atoms with Crippen molar-refractivity contribution in [3.63, 3.8) is 0 Å². The molecule has 0 radical (unpaired) electrons. The van der Waals surface area contributed by atoms with E-state index in [1.165, 1.54) is 15.3 Å². The van der Waals surface area contributed by atoms with E-state index in [0.29, 0.717) is 16.1 Å². The number of halogens is 2. The lowest BCUT2D eigenvalue weighted by Gasteiger charge is -2.17. The fraction of sp³-hybridized carbons (Fsp3) is 0.412. The van der Waals surface area contributed by atoms with Crippen LogP contribution >= 0.6 is 34.5 Å². The molecule has 4 heteroatoms. The van der Waals surface area contributed by atoms with Gasteiger partial charge in [-0.25, -0.2) is 0 Å². The van der Waals surface area contributed by atoms with Crippen LogP contribution in [-0.2, 0) is 12.8 Å². The molecule has 1 heterocycles. The van der Waals surface area contributed by atoms with Crippen molar-refractivity contribution in [2.45, 2.75) is 39.2 Å². The van der Waals surface area contributed by atoms with Gasteiger partial charge in [0.05, 0.1) is 10.0 Å². The van der Waals surface area contributed by atoms with Crippen molar-refractivity contribution in [3.8, 4) is 0 Å². The minimum atomic E-state index is 0.340. The standard InChI is InChI=1S/C17H21Cl2NS/c1-3-9-20-16(17-8-6-13(4-2)21-17)11-12-5-7-14(18)15(19)10-12/h5-8,10,16,20H,3-4,9,11H2,1-2H3. The van der Waals surface area contributed by atoms with E-state index in [1.807, 2.05) is 23.5 Å². The molecule has 2 rings (SSSR count). The second-order valence-corrected chi connectivity index (χ2v) is 7.13. The third kappa shape index (κ3) is 4.72. The molecule has 0 spiro atoms. The van der Waals surface area contributed by atoms with E-state index in [9.17, 15) is 0 Å². The number of benzene rings is 1. The van der Waals surface area contributed by atoms with Gasteiger partial charge in [0.2, 0.25) is 0 Å². The van der Waals surface area contributed by atoms with Crippen LogP contribution in [0.3, 0.4) is 0 Å². The van der Waals surface area contributed by atoms with Gasteiger partial charge in [0.1, 0.15) is 0 Å². The smallest absolute Gasteiger partial charge is 0.0595 e. The Morgan fingerprint density at radius 2 is 1.90 bits per heavy atom. The lowest BCUT2D eigenvalue weighted by atomic mass is 10.0. The zero-order chi connectivity index (χ0) is 15.2. The highest BCUT2D eigenvalue weighted by Crippen LogP contribution is 2.29. The summed E-state index contributed by atoms with van der Waals surface area (Å²) in [5, 5.41) is 4.88. The highest BCUT2D eigenvalue weighted by molar-refractivity contribution is 7.12. The van der Waals surface area contributed by atoms with Gasteiger partial charge in [-0.15, -0.1) is 11.3 Å². The molecular weight excluding hydrogens is 321 g/mol. The number of nitrogens with one attached hydrogen (secondary N) is 1. The van der Waals surface area contributed by atoms with Gasteiger partial charge in [-0.2, -0.15) is 0 Å². The molecule has 0 saturated heterocycles. The summed E-state index contributed by atoms with van der Waals surface area (Å²) in [5.74, 6) is 0. The Morgan fingerprint density at radius 3 is 2.52 bits per heavy atom. The molecule has 1 aromatic carbocycles. The van der Waals surface area contributed by atoms with Crippen molar-refractivity contribution in [1.29, 1.82) is 0 Å². The van der Waals surface area contributed by atoms with Gasteiger partial charge in [-0.1, -0.05) is 43.1 Å². The van der Waals surface area contributed by atoms with Crippen LogP contribution in [0.5, 0.6) is 0 Å². The second-order valence-electron chi connectivity index (χ2n) is 5.12. The van der Waals surface area contributed by atoms with Gasteiger partial charge in [-0.05, 0) is 55.6 Å². The van der Waals surface area contributed by atoms with E-state index in [0.717, 1.165) is 25.8 Å². The lowest BCUT2D eigenvalue weighted by Crippen LogP contribution is -2.23. The summed E-state index contributed by atoms with van der Waals surface area (Å²) in [7, 11) is 0. The van der Waals surface area contributed by atoms with Gasteiger partial charge < -0.3 is 5.32 Å². The average Bonchev–Trinajstić information content (AvgIpc) is 2.96. The first-order valence-electron chi connectivity index (χ1n) is 7.40. The highest BCUT2D eigenvalue weighted by atomic mass is 35.5. The highest BCUT2D eigenvalue weighted by Gasteiger charge is 2.14. The molecule has 0 amide bonds. The van der Waals surface area contributed by atoms with E-state index in [-0.39, 0.29) is 0 Å². The van der Waals surface area contributed by atoms with Crippen molar-refractivity contribution >= 4 is 34.5 Å².